The molecule has 2 fully saturated rings. The Balaban J connectivity index is 1.24. The Morgan fingerprint density at radius 2 is 1.81 bits per heavy atom. The molecule has 3 heterocycles. The zero-order chi connectivity index (χ0) is 25.9. The first-order valence-corrected chi connectivity index (χ1v) is 13.9. The van der Waals surface area contributed by atoms with Gasteiger partial charge in [-0.15, -0.1) is 0 Å². The van der Waals surface area contributed by atoms with E-state index in [1.165, 1.54) is 11.1 Å². The predicted octanol–water partition coefficient (Wildman–Crippen LogP) is 5.18. The van der Waals surface area contributed by atoms with Crippen molar-refractivity contribution in [3.63, 3.8) is 0 Å². The van der Waals surface area contributed by atoms with Crippen LogP contribution in [0.15, 0.2) is 41.2 Å². The van der Waals surface area contributed by atoms with Gasteiger partial charge in [0.05, 0.1) is 27.0 Å². The van der Waals surface area contributed by atoms with Crippen molar-refractivity contribution in [1.82, 2.24) is 14.5 Å². The van der Waals surface area contributed by atoms with Crippen LogP contribution in [-0.2, 0) is 10.2 Å². The minimum absolute atomic E-state index is 0.123. The standard InChI is InChI=1S/C30H34ClN3O3/c1-30(2)22-16-21(19-12-14-33(15-13-19)28(37)20-8-6-18(17-35)7-9-20)10-11-24(22)34-25-5-3-4-23(31)26(25)27(36)32-29(30)34/h3-5,10-11,16,18-20,35H,6-9,12-15,17H2,1-2H3. The summed E-state index contributed by atoms with van der Waals surface area (Å²) >= 11 is 6.39. The zero-order valence-electron chi connectivity index (χ0n) is 21.5. The third-order valence-electron chi connectivity index (χ3n) is 9.09. The number of aliphatic hydroxyl groups is 1. The van der Waals surface area contributed by atoms with E-state index in [1.54, 1.807) is 6.07 Å². The second kappa shape index (κ2) is 9.25. The van der Waals surface area contributed by atoms with E-state index in [-0.39, 0.29) is 18.1 Å². The van der Waals surface area contributed by atoms with E-state index in [2.05, 4.69) is 46.5 Å². The monoisotopic (exact) mass is 519 g/mol. The van der Waals surface area contributed by atoms with Gasteiger partial charge in [0, 0.05) is 25.6 Å². The minimum atomic E-state index is -0.412. The van der Waals surface area contributed by atoms with Crippen molar-refractivity contribution in [1.29, 1.82) is 0 Å². The van der Waals surface area contributed by atoms with Crippen LogP contribution in [0.4, 0.5) is 0 Å². The molecule has 1 amide bonds. The number of aliphatic hydroxyl groups excluding tert-OH is 1. The molecule has 6 rings (SSSR count). The maximum Gasteiger partial charge on any atom is 0.282 e. The summed E-state index contributed by atoms with van der Waals surface area (Å²) < 4.78 is 2.09. The molecule has 2 aromatic carbocycles. The molecule has 1 aromatic heterocycles. The van der Waals surface area contributed by atoms with E-state index in [9.17, 15) is 14.7 Å². The summed E-state index contributed by atoms with van der Waals surface area (Å²) in [6.45, 7) is 6.09. The van der Waals surface area contributed by atoms with Gasteiger partial charge in [0.15, 0.2) is 0 Å². The molecule has 3 aliphatic rings. The number of rotatable bonds is 3. The third kappa shape index (κ3) is 4.00. The number of amides is 1. The minimum Gasteiger partial charge on any atom is -0.396 e. The van der Waals surface area contributed by atoms with E-state index in [0.29, 0.717) is 28.2 Å². The van der Waals surface area contributed by atoms with Crippen molar-refractivity contribution in [2.75, 3.05) is 19.7 Å². The molecular formula is C30H34ClN3O3. The summed E-state index contributed by atoms with van der Waals surface area (Å²) in [5, 5.41) is 10.3. The molecule has 2 aliphatic heterocycles. The van der Waals surface area contributed by atoms with Crippen molar-refractivity contribution >= 4 is 28.4 Å². The third-order valence-corrected chi connectivity index (χ3v) is 9.41. The molecule has 0 atom stereocenters. The number of hydrogen-bond donors (Lipinski definition) is 1. The molecule has 1 aliphatic carbocycles. The first-order valence-electron chi connectivity index (χ1n) is 13.6. The van der Waals surface area contributed by atoms with Crippen LogP contribution in [0.2, 0.25) is 5.02 Å². The molecule has 0 spiro atoms. The highest BCUT2D eigenvalue weighted by Crippen LogP contribution is 2.45. The summed E-state index contributed by atoms with van der Waals surface area (Å²) in [5.41, 5.74) is 3.61. The van der Waals surface area contributed by atoms with Crippen molar-refractivity contribution in [2.24, 2.45) is 11.8 Å². The van der Waals surface area contributed by atoms with Crippen LogP contribution in [0.1, 0.15) is 75.2 Å². The normalized spacial score (nSPS) is 23.2. The van der Waals surface area contributed by atoms with E-state index in [4.69, 9.17) is 11.6 Å². The smallest absolute Gasteiger partial charge is 0.282 e. The van der Waals surface area contributed by atoms with Crippen molar-refractivity contribution in [3.05, 3.63) is 68.7 Å². The van der Waals surface area contributed by atoms with Gasteiger partial charge in [-0.3, -0.25) is 14.2 Å². The van der Waals surface area contributed by atoms with Crippen LogP contribution in [0.3, 0.4) is 0 Å². The molecule has 37 heavy (non-hydrogen) atoms. The van der Waals surface area contributed by atoms with E-state index in [0.717, 1.165) is 68.6 Å². The lowest BCUT2D eigenvalue weighted by atomic mass is 9.80. The lowest BCUT2D eigenvalue weighted by molar-refractivity contribution is -0.138. The number of benzene rings is 2. The summed E-state index contributed by atoms with van der Waals surface area (Å²) in [7, 11) is 0. The molecular weight excluding hydrogens is 486 g/mol. The Kier molecular flexibility index (Phi) is 6.15. The molecule has 194 valence electrons. The number of carbonyl (C=O) groups excluding carboxylic acids is 1. The van der Waals surface area contributed by atoms with E-state index < -0.39 is 5.41 Å². The van der Waals surface area contributed by atoms with Gasteiger partial charge in [0.1, 0.15) is 5.82 Å². The fourth-order valence-electron chi connectivity index (χ4n) is 6.80. The fourth-order valence-corrected chi connectivity index (χ4v) is 7.05. The number of halogens is 1. The van der Waals surface area contributed by atoms with Crippen LogP contribution >= 0.6 is 11.6 Å². The topological polar surface area (TPSA) is 75.4 Å². The molecule has 6 nitrogen and oxygen atoms in total. The summed E-state index contributed by atoms with van der Waals surface area (Å²) in [6.07, 6.45) is 5.64. The van der Waals surface area contributed by atoms with Gasteiger partial charge in [-0.05, 0) is 93.5 Å². The van der Waals surface area contributed by atoms with E-state index >= 15 is 0 Å². The van der Waals surface area contributed by atoms with Gasteiger partial charge in [-0.1, -0.05) is 29.8 Å². The lowest BCUT2D eigenvalue weighted by Gasteiger charge is -2.36. The first-order chi connectivity index (χ1) is 17.8. The Bertz CT molecular complexity index is 1430. The van der Waals surface area contributed by atoms with Crippen molar-refractivity contribution in [2.45, 2.75) is 63.7 Å². The molecule has 0 radical (unpaired) electrons. The molecule has 1 saturated heterocycles. The zero-order valence-corrected chi connectivity index (χ0v) is 22.3. The number of fused-ring (bicyclic) bond motifs is 5. The number of hydrogen-bond acceptors (Lipinski definition) is 4. The number of likely N-dealkylation sites (tertiary alicyclic amines) is 1. The highest BCUT2D eigenvalue weighted by molar-refractivity contribution is 6.35. The predicted molar refractivity (Wildman–Crippen MR) is 146 cm³/mol. The van der Waals surface area contributed by atoms with Crippen LogP contribution < -0.4 is 5.56 Å². The summed E-state index contributed by atoms with van der Waals surface area (Å²) in [5.74, 6) is 1.95. The van der Waals surface area contributed by atoms with Crippen LogP contribution in [0, 0.1) is 11.8 Å². The highest BCUT2D eigenvalue weighted by Gasteiger charge is 2.39. The summed E-state index contributed by atoms with van der Waals surface area (Å²) in [4.78, 5) is 32.6. The molecule has 1 N–H and O–H groups in total. The number of nitrogens with zero attached hydrogens (tertiary/aromatic N) is 3. The fraction of sp³-hybridized carbons (Fsp3) is 0.500. The Morgan fingerprint density at radius 3 is 2.51 bits per heavy atom. The molecule has 0 unspecified atom stereocenters. The van der Waals surface area contributed by atoms with Gasteiger partial charge < -0.3 is 10.0 Å². The summed E-state index contributed by atoms with van der Waals surface area (Å²) in [6, 6.07) is 12.2. The quantitative estimate of drug-likeness (QED) is 0.517. The van der Waals surface area contributed by atoms with Gasteiger partial charge in [0.25, 0.3) is 5.56 Å². The largest absolute Gasteiger partial charge is 0.396 e. The van der Waals surface area contributed by atoms with Crippen molar-refractivity contribution in [3.8, 4) is 5.69 Å². The van der Waals surface area contributed by atoms with Gasteiger partial charge in [-0.2, -0.15) is 4.98 Å². The van der Waals surface area contributed by atoms with Gasteiger partial charge >= 0.3 is 0 Å². The Morgan fingerprint density at radius 1 is 1.08 bits per heavy atom. The van der Waals surface area contributed by atoms with E-state index in [1.807, 2.05) is 12.1 Å². The average molecular weight is 520 g/mol. The second-order valence-electron chi connectivity index (χ2n) is 11.6. The van der Waals surface area contributed by atoms with Gasteiger partial charge in [-0.25, -0.2) is 0 Å². The molecule has 0 bridgehead atoms. The maximum atomic E-state index is 13.1. The highest BCUT2D eigenvalue weighted by atomic mass is 35.5. The maximum absolute atomic E-state index is 13.1. The van der Waals surface area contributed by atoms with Crippen LogP contribution in [-0.4, -0.2) is 45.2 Å². The first kappa shape index (κ1) is 24.6. The Hall–Kier alpha value is -2.70. The van der Waals surface area contributed by atoms with Crippen LogP contribution in [0.5, 0.6) is 0 Å². The second-order valence-corrected chi connectivity index (χ2v) is 12.0. The average Bonchev–Trinajstić information content (AvgIpc) is 3.14. The van der Waals surface area contributed by atoms with Crippen LogP contribution in [0.25, 0.3) is 16.6 Å². The molecule has 3 aromatic rings. The van der Waals surface area contributed by atoms with Gasteiger partial charge in [0.2, 0.25) is 5.91 Å². The SMILES string of the molecule is CC1(C)c2cc(C3CCN(C(=O)C4CCC(CO)CC4)CC3)ccc2-n2c1nc(=O)c1c(Cl)cccc12. The molecule has 7 heteroatoms. The number of aromatic nitrogens is 2. The number of carbonyl (C=O) groups is 1. The lowest BCUT2D eigenvalue weighted by Crippen LogP contribution is -2.42. The van der Waals surface area contributed by atoms with Crippen molar-refractivity contribution < 1.29 is 9.90 Å². The number of piperidine rings is 1. The molecule has 1 saturated carbocycles. The Labute approximate surface area is 222 Å².